The molecule has 4 nitrogen and oxygen atoms in total. The molecule has 3 rings (SSSR count). The van der Waals surface area contributed by atoms with E-state index in [-0.39, 0.29) is 5.54 Å². The molecule has 1 N–H and O–H groups in total. The van der Waals surface area contributed by atoms with Crippen molar-refractivity contribution in [2.45, 2.75) is 25.9 Å². The van der Waals surface area contributed by atoms with E-state index in [0.717, 1.165) is 23.1 Å². The van der Waals surface area contributed by atoms with Crippen molar-refractivity contribution in [3.05, 3.63) is 40.3 Å². The van der Waals surface area contributed by atoms with Gasteiger partial charge in [-0.05, 0) is 31.5 Å². The number of nitrogens with zero attached hydrogens (tertiary/aromatic N) is 1. The second-order valence-electron chi connectivity index (χ2n) is 5.00. The summed E-state index contributed by atoms with van der Waals surface area (Å²) in [5, 5.41) is 6.61. The Hall–Kier alpha value is -1.59. The zero-order valence-corrected chi connectivity index (χ0v) is 11.8. The molecular weight excluding hydrogens is 260 g/mol. The minimum Gasteiger partial charge on any atom is -0.454 e. The molecule has 5 heteroatoms. The smallest absolute Gasteiger partial charge is 0.231 e. The van der Waals surface area contributed by atoms with Crippen LogP contribution in [0.5, 0.6) is 11.5 Å². The van der Waals surface area contributed by atoms with Gasteiger partial charge in [-0.1, -0.05) is 6.07 Å². The minimum atomic E-state index is -0.134. The van der Waals surface area contributed by atoms with E-state index in [1.807, 2.05) is 23.7 Å². The van der Waals surface area contributed by atoms with E-state index in [1.165, 1.54) is 5.56 Å². The van der Waals surface area contributed by atoms with Crippen LogP contribution in [0.15, 0.2) is 29.8 Å². The average molecular weight is 276 g/mol. The average Bonchev–Trinajstić information content (AvgIpc) is 3.07. The molecule has 1 aromatic heterocycles. The van der Waals surface area contributed by atoms with Crippen LogP contribution in [-0.2, 0) is 12.1 Å². The van der Waals surface area contributed by atoms with Crippen molar-refractivity contribution in [1.82, 2.24) is 10.3 Å². The largest absolute Gasteiger partial charge is 0.454 e. The third-order valence-electron chi connectivity index (χ3n) is 3.14. The lowest BCUT2D eigenvalue weighted by atomic mass is 10.1. The van der Waals surface area contributed by atoms with Gasteiger partial charge in [0.1, 0.15) is 5.01 Å². The van der Waals surface area contributed by atoms with Gasteiger partial charge in [0.15, 0.2) is 11.5 Å². The molecule has 0 fully saturated rings. The highest BCUT2D eigenvalue weighted by molar-refractivity contribution is 7.09. The van der Waals surface area contributed by atoms with E-state index < -0.39 is 0 Å². The predicted molar refractivity (Wildman–Crippen MR) is 74.5 cm³/mol. The number of hydrogen-bond acceptors (Lipinski definition) is 5. The summed E-state index contributed by atoms with van der Waals surface area (Å²) in [5.74, 6) is 1.65. The van der Waals surface area contributed by atoms with Crippen LogP contribution < -0.4 is 14.8 Å². The van der Waals surface area contributed by atoms with Gasteiger partial charge in [-0.15, -0.1) is 11.3 Å². The first-order chi connectivity index (χ1) is 9.15. The second-order valence-corrected chi connectivity index (χ2v) is 5.90. The summed E-state index contributed by atoms with van der Waals surface area (Å²) >= 11 is 1.67. The SMILES string of the molecule is CC(C)(NCc1ccc2c(c1)OCO2)c1nccs1. The van der Waals surface area contributed by atoms with Crippen LogP contribution in [0.2, 0.25) is 0 Å². The monoisotopic (exact) mass is 276 g/mol. The third kappa shape index (κ3) is 2.57. The number of ether oxygens (including phenoxy) is 2. The Bertz CT molecular complexity index is 567. The van der Waals surface area contributed by atoms with Crippen LogP contribution in [0.3, 0.4) is 0 Å². The van der Waals surface area contributed by atoms with Crippen LogP contribution in [0.4, 0.5) is 0 Å². The van der Waals surface area contributed by atoms with E-state index in [2.05, 4.69) is 30.2 Å². The van der Waals surface area contributed by atoms with Gasteiger partial charge in [-0.25, -0.2) is 4.98 Å². The highest BCUT2D eigenvalue weighted by atomic mass is 32.1. The molecule has 0 amide bonds. The maximum atomic E-state index is 5.38. The number of benzene rings is 1. The zero-order valence-electron chi connectivity index (χ0n) is 11.0. The van der Waals surface area contributed by atoms with E-state index in [4.69, 9.17) is 9.47 Å². The standard InChI is InChI=1S/C14H16N2O2S/c1-14(2,13-15-5-6-19-13)16-8-10-3-4-11-12(7-10)18-9-17-11/h3-7,16H,8-9H2,1-2H3. The Kier molecular flexibility index (Phi) is 3.16. The number of fused-ring (bicyclic) bond motifs is 1. The highest BCUT2D eigenvalue weighted by Gasteiger charge is 2.22. The number of aromatic nitrogens is 1. The maximum absolute atomic E-state index is 5.38. The molecule has 2 heterocycles. The summed E-state index contributed by atoms with van der Waals surface area (Å²) in [5.41, 5.74) is 1.04. The van der Waals surface area contributed by atoms with E-state index in [1.54, 1.807) is 11.3 Å². The minimum absolute atomic E-state index is 0.134. The van der Waals surface area contributed by atoms with Crippen LogP contribution in [-0.4, -0.2) is 11.8 Å². The Balaban J connectivity index is 1.69. The molecule has 0 spiro atoms. The number of thiazole rings is 1. The summed E-state index contributed by atoms with van der Waals surface area (Å²) < 4.78 is 10.7. The summed E-state index contributed by atoms with van der Waals surface area (Å²) in [6.45, 7) is 5.36. The molecular formula is C14H16N2O2S. The molecule has 19 heavy (non-hydrogen) atoms. The normalized spacial score (nSPS) is 13.8. The number of hydrogen-bond donors (Lipinski definition) is 1. The maximum Gasteiger partial charge on any atom is 0.231 e. The molecule has 0 bridgehead atoms. The van der Waals surface area contributed by atoms with E-state index >= 15 is 0 Å². The highest BCUT2D eigenvalue weighted by Crippen LogP contribution is 2.32. The van der Waals surface area contributed by atoms with Crippen molar-refractivity contribution in [1.29, 1.82) is 0 Å². The summed E-state index contributed by atoms with van der Waals surface area (Å²) in [6, 6.07) is 6.03. The van der Waals surface area contributed by atoms with E-state index in [9.17, 15) is 0 Å². The van der Waals surface area contributed by atoms with Crippen LogP contribution in [0, 0.1) is 0 Å². The fourth-order valence-electron chi connectivity index (χ4n) is 1.98. The van der Waals surface area contributed by atoms with Crippen molar-refractivity contribution in [3.63, 3.8) is 0 Å². The van der Waals surface area contributed by atoms with Crippen LogP contribution in [0.1, 0.15) is 24.4 Å². The van der Waals surface area contributed by atoms with Gasteiger partial charge >= 0.3 is 0 Å². The predicted octanol–water partition coefficient (Wildman–Crippen LogP) is 2.90. The van der Waals surface area contributed by atoms with Gasteiger partial charge in [0.2, 0.25) is 6.79 Å². The molecule has 100 valence electrons. The van der Waals surface area contributed by atoms with Crippen molar-refractivity contribution >= 4 is 11.3 Å². The fourth-order valence-corrected chi connectivity index (χ4v) is 2.72. The molecule has 2 aromatic rings. The van der Waals surface area contributed by atoms with Gasteiger partial charge < -0.3 is 14.8 Å². The molecule has 0 aliphatic carbocycles. The van der Waals surface area contributed by atoms with Gasteiger partial charge in [-0.3, -0.25) is 0 Å². The Morgan fingerprint density at radius 1 is 1.32 bits per heavy atom. The Labute approximate surface area is 116 Å². The lowest BCUT2D eigenvalue weighted by molar-refractivity contribution is 0.174. The molecule has 1 aromatic carbocycles. The second kappa shape index (κ2) is 4.83. The number of nitrogens with one attached hydrogen (secondary N) is 1. The Morgan fingerprint density at radius 2 is 2.16 bits per heavy atom. The van der Waals surface area contributed by atoms with Gasteiger partial charge in [0.05, 0.1) is 5.54 Å². The number of rotatable bonds is 4. The first-order valence-corrected chi connectivity index (χ1v) is 7.07. The lowest BCUT2D eigenvalue weighted by Gasteiger charge is -2.24. The van der Waals surface area contributed by atoms with Crippen molar-refractivity contribution in [3.8, 4) is 11.5 Å². The molecule has 0 unspecified atom stereocenters. The summed E-state index contributed by atoms with van der Waals surface area (Å²) in [7, 11) is 0. The van der Waals surface area contributed by atoms with Crippen LogP contribution in [0.25, 0.3) is 0 Å². The van der Waals surface area contributed by atoms with Gasteiger partial charge in [0.25, 0.3) is 0 Å². The third-order valence-corrected chi connectivity index (χ3v) is 4.24. The molecule has 0 saturated carbocycles. The Morgan fingerprint density at radius 3 is 2.95 bits per heavy atom. The zero-order chi connectivity index (χ0) is 13.3. The van der Waals surface area contributed by atoms with Gasteiger partial charge in [-0.2, -0.15) is 0 Å². The summed E-state index contributed by atoms with van der Waals surface area (Å²) in [4.78, 5) is 4.37. The topological polar surface area (TPSA) is 43.4 Å². The quantitative estimate of drug-likeness (QED) is 0.932. The van der Waals surface area contributed by atoms with Gasteiger partial charge in [0, 0.05) is 18.1 Å². The fraction of sp³-hybridized carbons (Fsp3) is 0.357. The molecule has 1 aliphatic rings. The summed E-state index contributed by atoms with van der Waals surface area (Å²) in [6.07, 6.45) is 1.84. The van der Waals surface area contributed by atoms with Crippen molar-refractivity contribution in [2.75, 3.05) is 6.79 Å². The molecule has 1 aliphatic heterocycles. The van der Waals surface area contributed by atoms with E-state index in [0.29, 0.717) is 6.79 Å². The van der Waals surface area contributed by atoms with Crippen LogP contribution >= 0.6 is 11.3 Å². The first-order valence-electron chi connectivity index (χ1n) is 6.19. The molecule has 0 radical (unpaired) electrons. The first kappa shape index (κ1) is 12.4. The lowest BCUT2D eigenvalue weighted by Crippen LogP contribution is -2.35. The van der Waals surface area contributed by atoms with Crippen molar-refractivity contribution in [2.24, 2.45) is 0 Å². The molecule has 0 saturated heterocycles. The van der Waals surface area contributed by atoms with Crippen molar-refractivity contribution < 1.29 is 9.47 Å². The molecule has 0 atom stereocenters.